The minimum Gasteiger partial charge on any atom is -0.496 e. The van der Waals surface area contributed by atoms with Crippen LogP contribution < -0.4 is 4.74 Å². The Morgan fingerprint density at radius 1 is 1.22 bits per heavy atom. The van der Waals surface area contributed by atoms with Crippen LogP contribution in [0.1, 0.15) is 16.4 Å². The van der Waals surface area contributed by atoms with Gasteiger partial charge in [-0.25, -0.2) is 0 Å². The predicted molar refractivity (Wildman–Crippen MR) is 79.4 cm³/mol. The molecule has 92 valence electrons. The molecule has 0 saturated heterocycles. The summed E-state index contributed by atoms with van der Waals surface area (Å²) in [5, 5.41) is 0.454. The molecule has 3 heteroatoms. The van der Waals surface area contributed by atoms with Crippen molar-refractivity contribution in [1.29, 1.82) is 0 Å². The lowest BCUT2D eigenvalue weighted by molar-refractivity contribution is 0.409. The normalized spacial score (nSPS) is 17.6. The molecule has 1 atom stereocenters. The molecule has 0 N–H and O–H groups in total. The van der Waals surface area contributed by atoms with Crippen molar-refractivity contribution in [3.05, 3.63) is 58.1 Å². The Kier molecular flexibility index (Phi) is 3.35. The molecule has 18 heavy (non-hydrogen) atoms. The Hall–Kier alpha value is -0.930. The summed E-state index contributed by atoms with van der Waals surface area (Å²) in [6.45, 7) is 0. The van der Waals surface area contributed by atoms with E-state index in [-0.39, 0.29) is 0 Å². The van der Waals surface area contributed by atoms with Gasteiger partial charge in [0.05, 0.1) is 7.11 Å². The van der Waals surface area contributed by atoms with E-state index in [9.17, 15) is 0 Å². The van der Waals surface area contributed by atoms with Crippen molar-refractivity contribution in [3.63, 3.8) is 0 Å². The van der Waals surface area contributed by atoms with E-state index in [1.807, 2.05) is 23.9 Å². The number of halogens is 1. The fourth-order valence-corrected chi connectivity index (χ4v) is 4.03. The number of ether oxygens (including phenoxy) is 1. The first-order valence-electron chi connectivity index (χ1n) is 5.86. The van der Waals surface area contributed by atoms with Gasteiger partial charge in [-0.3, -0.25) is 0 Å². The summed E-state index contributed by atoms with van der Waals surface area (Å²) in [4.78, 5) is 1.39. The molecule has 1 heterocycles. The number of rotatable bonds is 2. The van der Waals surface area contributed by atoms with Crippen molar-refractivity contribution < 1.29 is 4.74 Å². The Balaban J connectivity index is 1.97. The zero-order valence-corrected chi connectivity index (χ0v) is 12.4. The maximum atomic E-state index is 5.48. The molecule has 1 aliphatic rings. The molecule has 0 saturated carbocycles. The minimum atomic E-state index is 0.454. The zero-order chi connectivity index (χ0) is 12.5. The van der Waals surface area contributed by atoms with Gasteiger partial charge in [-0.05, 0) is 36.2 Å². The fourth-order valence-electron chi connectivity index (χ4n) is 2.31. The highest BCUT2D eigenvalue weighted by molar-refractivity contribution is 9.10. The molecular formula is C15H13BrOS. The topological polar surface area (TPSA) is 9.23 Å². The van der Waals surface area contributed by atoms with E-state index in [0.717, 1.165) is 16.6 Å². The van der Waals surface area contributed by atoms with Crippen molar-refractivity contribution in [2.75, 3.05) is 7.11 Å². The van der Waals surface area contributed by atoms with Gasteiger partial charge in [0.25, 0.3) is 0 Å². The maximum absolute atomic E-state index is 5.48. The largest absolute Gasteiger partial charge is 0.496 e. The molecule has 0 radical (unpaired) electrons. The van der Waals surface area contributed by atoms with Crippen LogP contribution in [0.5, 0.6) is 5.75 Å². The third-order valence-electron chi connectivity index (χ3n) is 3.19. The average molecular weight is 321 g/mol. The van der Waals surface area contributed by atoms with Gasteiger partial charge in [0.15, 0.2) is 0 Å². The third kappa shape index (κ3) is 2.17. The molecule has 1 nitrogen and oxygen atoms in total. The Bertz CT molecular complexity index is 557. The summed E-state index contributed by atoms with van der Waals surface area (Å²) in [6.07, 6.45) is 1.08. The van der Waals surface area contributed by atoms with Crippen LogP contribution in [0.2, 0.25) is 0 Å². The first-order valence-corrected chi connectivity index (χ1v) is 7.53. The molecule has 0 spiro atoms. The van der Waals surface area contributed by atoms with Crippen molar-refractivity contribution in [2.45, 2.75) is 16.6 Å². The van der Waals surface area contributed by atoms with Crippen molar-refractivity contribution >= 4 is 27.7 Å². The molecule has 1 aliphatic heterocycles. The molecule has 3 rings (SSSR count). The number of benzene rings is 2. The van der Waals surface area contributed by atoms with Crippen LogP contribution in [0.25, 0.3) is 0 Å². The summed E-state index contributed by atoms with van der Waals surface area (Å²) in [5.41, 5.74) is 2.71. The minimum absolute atomic E-state index is 0.454. The van der Waals surface area contributed by atoms with Crippen LogP contribution in [-0.2, 0) is 6.42 Å². The second-order valence-electron chi connectivity index (χ2n) is 4.30. The van der Waals surface area contributed by atoms with Gasteiger partial charge in [-0.2, -0.15) is 0 Å². The van der Waals surface area contributed by atoms with Gasteiger partial charge >= 0.3 is 0 Å². The molecule has 2 aromatic rings. The van der Waals surface area contributed by atoms with Gasteiger partial charge in [-0.1, -0.05) is 34.1 Å². The van der Waals surface area contributed by atoms with E-state index in [4.69, 9.17) is 4.74 Å². The van der Waals surface area contributed by atoms with E-state index < -0.39 is 0 Å². The zero-order valence-electron chi connectivity index (χ0n) is 10.0. The molecule has 1 unspecified atom stereocenters. The van der Waals surface area contributed by atoms with E-state index in [1.165, 1.54) is 16.0 Å². The summed E-state index contributed by atoms with van der Waals surface area (Å²) in [7, 11) is 1.74. The number of methoxy groups -OCH3 is 1. The van der Waals surface area contributed by atoms with E-state index in [1.54, 1.807) is 7.11 Å². The van der Waals surface area contributed by atoms with Gasteiger partial charge in [0.2, 0.25) is 0 Å². The van der Waals surface area contributed by atoms with Crippen LogP contribution in [0.4, 0.5) is 0 Å². The molecule has 0 aromatic heterocycles. The lowest BCUT2D eigenvalue weighted by Crippen LogP contribution is -1.97. The van der Waals surface area contributed by atoms with Crippen molar-refractivity contribution in [2.24, 2.45) is 0 Å². The standard InChI is InChI=1S/C15H13BrOS/c1-17-13-7-6-11(16)9-12(13)15-8-10-4-2-3-5-14(10)18-15/h2-7,9,15H,8H2,1H3. The Morgan fingerprint density at radius 2 is 2.06 bits per heavy atom. The molecule has 0 bridgehead atoms. The van der Waals surface area contributed by atoms with Gasteiger partial charge in [0.1, 0.15) is 5.75 Å². The number of thioether (sulfide) groups is 1. The van der Waals surface area contributed by atoms with Crippen molar-refractivity contribution in [1.82, 2.24) is 0 Å². The molecular weight excluding hydrogens is 308 g/mol. The first-order chi connectivity index (χ1) is 8.78. The maximum Gasteiger partial charge on any atom is 0.123 e. The summed E-state index contributed by atoms with van der Waals surface area (Å²) in [6, 6.07) is 14.9. The second-order valence-corrected chi connectivity index (χ2v) is 6.46. The first kappa shape index (κ1) is 12.1. The van der Waals surface area contributed by atoms with E-state index in [2.05, 4.69) is 46.3 Å². The van der Waals surface area contributed by atoms with Gasteiger partial charge in [-0.15, -0.1) is 11.8 Å². The fraction of sp³-hybridized carbons (Fsp3) is 0.200. The molecule has 0 fully saturated rings. The number of fused-ring (bicyclic) bond motifs is 1. The lowest BCUT2D eigenvalue weighted by Gasteiger charge is -2.14. The van der Waals surface area contributed by atoms with Crippen LogP contribution in [0, 0.1) is 0 Å². The van der Waals surface area contributed by atoms with E-state index >= 15 is 0 Å². The lowest BCUT2D eigenvalue weighted by atomic mass is 10.0. The quantitative estimate of drug-likeness (QED) is 0.782. The van der Waals surface area contributed by atoms with Crippen LogP contribution in [0.15, 0.2) is 51.8 Å². The second kappa shape index (κ2) is 4.98. The summed E-state index contributed by atoms with van der Waals surface area (Å²) >= 11 is 5.47. The Labute approximate surface area is 120 Å². The highest BCUT2D eigenvalue weighted by atomic mass is 79.9. The van der Waals surface area contributed by atoms with E-state index in [0.29, 0.717) is 5.25 Å². The molecule has 0 amide bonds. The highest BCUT2D eigenvalue weighted by Gasteiger charge is 2.25. The number of hydrogen-bond donors (Lipinski definition) is 0. The Morgan fingerprint density at radius 3 is 2.83 bits per heavy atom. The van der Waals surface area contributed by atoms with Gasteiger partial charge < -0.3 is 4.74 Å². The predicted octanol–water partition coefficient (Wildman–Crippen LogP) is 4.85. The molecule has 2 aromatic carbocycles. The van der Waals surface area contributed by atoms with Crippen LogP contribution in [-0.4, -0.2) is 7.11 Å². The smallest absolute Gasteiger partial charge is 0.123 e. The van der Waals surface area contributed by atoms with Crippen LogP contribution in [0.3, 0.4) is 0 Å². The van der Waals surface area contributed by atoms with Gasteiger partial charge in [0, 0.05) is 20.2 Å². The highest BCUT2D eigenvalue weighted by Crippen LogP contribution is 2.48. The monoisotopic (exact) mass is 320 g/mol. The SMILES string of the molecule is COc1ccc(Br)cc1C1Cc2ccccc2S1. The molecule has 0 aliphatic carbocycles. The number of hydrogen-bond acceptors (Lipinski definition) is 2. The summed E-state index contributed by atoms with van der Waals surface area (Å²) < 4.78 is 6.58. The van der Waals surface area contributed by atoms with Crippen molar-refractivity contribution in [3.8, 4) is 5.75 Å². The third-order valence-corrected chi connectivity index (χ3v) is 5.04. The van der Waals surface area contributed by atoms with Crippen LogP contribution >= 0.6 is 27.7 Å². The average Bonchev–Trinajstić information content (AvgIpc) is 2.82. The summed E-state index contributed by atoms with van der Waals surface area (Å²) in [5.74, 6) is 0.975.